The third-order valence-electron chi connectivity index (χ3n) is 2.22. The smallest absolute Gasteiger partial charge is 0.229 e. The van der Waals surface area contributed by atoms with E-state index in [2.05, 4.69) is 20.3 Å². The van der Waals surface area contributed by atoms with E-state index in [0.29, 0.717) is 25.1 Å². The molecule has 0 atom stereocenters. The second-order valence-corrected chi connectivity index (χ2v) is 3.52. The van der Waals surface area contributed by atoms with Gasteiger partial charge in [0.15, 0.2) is 5.82 Å². The van der Waals surface area contributed by atoms with Crippen molar-refractivity contribution >= 4 is 11.9 Å². The Bertz CT molecular complexity index is 503. The molecular formula is C12H15N5O. The van der Waals surface area contributed by atoms with E-state index in [9.17, 15) is 0 Å². The highest BCUT2D eigenvalue weighted by molar-refractivity contribution is 5.57. The van der Waals surface area contributed by atoms with Crippen molar-refractivity contribution in [2.24, 2.45) is 0 Å². The largest absolute Gasteiger partial charge is 0.368 e. The lowest BCUT2D eigenvalue weighted by atomic mass is 10.2. The lowest BCUT2D eigenvalue weighted by Gasteiger charge is -2.07. The van der Waals surface area contributed by atoms with Crippen LogP contribution in [0.15, 0.2) is 30.3 Å². The molecule has 2 aromatic rings. The molecule has 0 aliphatic heterocycles. The molecule has 0 bridgehead atoms. The lowest BCUT2D eigenvalue weighted by Crippen LogP contribution is -2.11. The molecule has 18 heavy (non-hydrogen) atoms. The molecule has 0 spiro atoms. The van der Waals surface area contributed by atoms with Crippen molar-refractivity contribution in [2.75, 3.05) is 24.4 Å². The number of nitrogens with zero attached hydrogens (tertiary/aromatic N) is 3. The predicted molar refractivity (Wildman–Crippen MR) is 69.8 cm³/mol. The van der Waals surface area contributed by atoms with Crippen LogP contribution in [0.1, 0.15) is 6.92 Å². The van der Waals surface area contributed by atoms with Crippen LogP contribution in [0.25, 0.3) is 11.4 Å². The van der Waals surface area contributed by atoms with E-state index < -0.39 is 0 Å². The zero-order valence-corrected chi connectivity index (χ0v) is 10.1. The minimum atomic E-state index is 0.183. The summed E-state index contributed by atoms with van der Waals surface area (Å²) in [4.78, 5) is 12.4. The standard InChI is InChI=1S/C12H15N5O/c1-2-18-8-14-12-16-10(15-11(13)17-12)9-6-4-3-5-7-9/h3-7H,2,8H2,1H3,(H3,13,14,15,16,17). The number of aromatic nitrogens is 3. The topological polar surface area (TPSA) is 86.0 Å². The first kappa shape index (κ1) is 12.3. The van der Waals surface area contributed by atoms with E-state index >= 15 is 0 Å². The maximum Gasteiger partial charge on any atom is 0.229 e. The van der Waals surface area contributed by atoms with Gasteiger partial charge in [0, 0.05) is 12.2 Å². The Labute approximate surface area is 105 Å². The Morgan fingerprint density at radius 1 is 1.17 bits per heavy atom. The second-order valence-electron chi connectivity index (χ2n) is 3.52. The van der Waals surface area contributed by atoms with Crippen molar-refractivity contribution in [3.8, 4) is 11.4 Å². The minimum absolute atomic E-state index is 0.183. The van der Waals surface area contributed by atoms with Gasteiger partial charge in [-0.1, -0.05) is 30.3 Å². The second kappa shape index (κ2) is 5.92. The molecule has 0 radical (unpaired) electrons. The molecule has 1 aromatic carbocycles. The molecule has 0 amide bonds. The summed E-state index contributed by atoms with van der Waals surface area (Å²) >= 11 is 0. The Morgan fingerprint density at radius 3 is 2.67 bits per heavy atom. The summed E-state index contributed by atoms with van der Waals surface area (Å²) in [5, 5.41) is 2.93. The number of nitrogen functional groups attached to an aromatic ring is 1. The first-order valence-electron chi connectivity index (χ1n) is 5.68. The van der Waals surface area contributed by atoms with Gasteiger partial charge in [0.25, 0.3) is 0 Å². The monoisotopic (exact) mass is 245 g/mol. The maximum atomic E-state index is 5.66. The fraction of sp³-hybridized carbons (Fsp3) is 0.250. The number of anilines is 2. The number of ether oxygens (including phenoxy) is 1. The highest BCUT2D eigenvalue weighted by Crippen LogP contribution is 2.16. The molecule has 0 fully saturated rings. The molecule has 2 rings (SSSR count). The third kappa shape index (κ3) is 3.14. The van der Waals surface area contributed by atoms with Gasteiger partial charge in [0.2, 0.25) is 11.9 Å². The highest BCUT2D eigenvalue weighted by Gasteiger charge is 2.05. The normalized spacial score (nSPS) is 10.3. The molecular weight excluding hydrogens is 230 g/mol. The maximum absolute atomic E-state index is 5.66. The summed E-state index contributed by atoms with van der Waals surface area (Å²) in [6, 6.07) is 9.61. The van der Waals surface area contributed by atoms with Crippen molar-refractivity contribution in [1.82, 2.24) is 15.0 Å². The van der Waals surface area contributed by atoms with Crippen molar-refractivity contribution in [1.29, 1.82) is 0 Å². The van der Waals surface area contributed by atoms with Gasteiger partial charge in [0.05, 0.1) is 0 Å². The predicted octanol–water partition coefficient (Wildman–Crippen LogP) is 1.53. The number of benzene rings is 1. The third-order valence-corrected chi connectivity index (χ3v) is 2.22. The summed E-state index contributed by atoms with van der Waals surface area (Å²) in [7, 11) is 0. The number of hydrogen-bond donors (Lipinski definition) is 2. The van der Waals surface area contributed by atoms with Crippen LogP contribution in [0, 0.1) is 0 Å². The number of nitrogens with one attached hydrogen (secondary N) is 1. The van der Waals surface area contributed by atoms with Crippen molar-refractivity contribution in [3.63, 3.8) is 0 Å². The molecule has 0 aliphatic rings. The summed E-state index contributed by atoms with van der Waals surface area (Å²) < 4.78 is 5.17. The Hall–Kier alpha value is -2.21. The van der Waals surface area contributed by atoms with Gasteiger partial charge in [-0.3, -0.25) is 0 Å². The van der Waals surface area contributed by atoms with Crippen LogP contribution in [-0.4, -0.2) is 28.3 Å². The van der Waals surface area contributed by atoms with E-state index in [1.54, 1.807) is 0 Å². The molecule has 6 nitrogen and oxygen atoms in total. The van der Waals surface area contributed by atoms with E-state index in [1.807, 2.05) is 37.3 Å². The van der Waals surface area contributed by atoms with Gasteiger partial charge < -0.3 is 15.8 Å². The SMILES string of the molecule is CCOCNc1nc(N)nc(-c2ccccc2)n1. The van der Waals surface area contributed by atoms with Crippen LogP contribution < -0.4 is 11.1 Å². The van der Waals surface area contributed by atoms with Crippen LogP contribution >= 0.6 is 0 Å². The molecule has 0 saturated heterocycles. The first-order valence-corrected chi connectivity index (χ1v) is 5.68. The molecule has 6 heteroatoms. The quantitative estimate of drug-likeness (QED) is 0.613. The zero-order chi connectivity index (χ0) is 12.8. The van der Waals surface area contributed by atoms with Gasteiger partial charge in [-0.2, -0.15) is 15.0 Å². The zero-order valence-electron chi connectivity index (χ0n) is 10.1. The van der Waals surface area contributed by atoms with E-state index in [-0.39, 0.29) is 5.95 Å². The average Bonchev–Trinajstić information content (AvgIpc) is 2.39. The van der Waals surface area contributed by atoms with Gasteiger partial charge >= 0.3 is 0 Å². The van der Waals surface area contributed by atoms with Crippen LogP contribution in [0.3, 0.4) is 0 Å². The van der Waals surface area contributed by atoms with E-state index in [4.69, 9.17) is 10.5 Å². The van der Waals surface area contributed by atoms with E-state index in [0.717, 1.165) is 5.56 Å². The molecule has 3 N–H and O–H groups in total. The fourth-order valence-corrected chi connectivity index (χ4v) is 1.41. The summed E-state index contributed by atoms with van der Waals surface area (Å²) in [5.41, 5.74) is 6.55. The molecule has 94 valence electrons. The minimum Gasteiger partial charge on any atom is -0.368 e. The highest BCUT2D eigenvalue weighted by atomic mass is 16.5. The van der Waals surface area contributed by atoms with Gasteiger partial charge in [-0.25, -0.2) is 0 Å². The number of nitrogens with two attached hydrogens (primary N) is 1. The van der Waals surface area contributed by atoms with Crippen LogP contribution in [-0.2, 0) is 4.74 Å². The lowest BCUT2D eigenvalue weighted by molar-refractivity contribution is 0.166. The molecule has 0 aliphatic carbocycles. The number of hydrogen-bond acceptors (Lipinski definition) is 6. The van der Waals surface area contributed by atoms with Gasteiger partial charge in [-0.15, -0.1) is 0 Å². The summed E-state index contributed by atoms with van der Waals surface area (Å²) in [6.45, 7) is 2.88. The number of rotatable bonds is 5. The molecule has 1 aromatic heterocycles. The molecule has 0 saturated carbocycles. The summed E-state index contributed by atoms with van der Waals surface area (Å²) in [5.74, 6) is 1.14. The van der Waals surface area contributed by atoms with Crippen LogP contribution in [0.5, 0.6) is 0 Å². The molecule has 0 unspecified atom stereocenters. The Morgan fingerprint density at radius 2 is 1.94 bits per heavy atom. The van der Waals surface area contributed by atoms with Crippen LogP contribution in [0.2, 0.25) is 0 Å². The first-order chi connectivity index (χ1) is 8.79. The van der Waals surface area contributed by atoms with E-state index in [1.165, 1.54) is 0 Å². The van der Waals surface area contributed by atoms with Crippen molar-refractivity contribution in [2.45, 2.75) is 6.92 Å². The van der Waals surface area contributed by atoms with Crippen molar-refractivity contribution in [3.05, 3.63) is 30.3 Å². The summed E-state index contributed by atoms with van der Waals surface area (Å²) in [6.07, 6.45) is 0. The van der Waals surface area contributed by atoms with Gasteiger partial charge in [-0.05, 0) is 6.92 Å². The van der Waals surface area contributed by atoms with Gasteiger partial charge in [0.1, 0.15) is 6.73 Å². The Kier molecular flexibility index (Phi) is 4.03. The average molecular weight is 245 g/mol. The fourth-order valence-electron chi connectivity index (χ4n) is 1.41. The Balaban J connectivity index is 2.21. The van der Waals surface area contributed by atoms with Crippen LogP contribution in [0.4, 0.5) is 11.9 Å². The van der Waals surface area contributed by atoms with Crippen molar-refractivity contribution < 1.29 is 4.74 Å². The molecule has 1 heterocycles.